The number of methoxy groups -OCH3 is 1. The van der Waals surface area contributed by atoms with Crippen molar-refractivity contribution in [1.82, 2.24) is 4.98 Å². The molecule has 0 spiro atoms. The minimum absolute atomic E-state index is 0.254. The van der Waals surface area contributed by atoms with Crippen molar-refractivity contribution < 1.29 is 32.2 Å². The summed E-state index contributed by atoms with van der Waals surface area (Å²) in [5, 5.41) is -0.560. The molecule has 0 atom stereocenters. The van der Waals surface area contributed by atoms with Crippen LogP contribution in [0.2, 0.25) is 10.0 Å². The lowest BCUT2D eigenvalue weighted by atomic mass is 10.1. The molecule has 25 heavy (non-hydrogen) atoms. The maximum absolute atomic E-state index is 14.3. The van der Waals surface area contributed by atoms with Crippen molar-refractivity contribution in [3.8, 4) is 22.8 Å². The average Bonchev–Trinajstić information content (AvgIpc) is 2.84. The summed E-state index contributed by atoms with van der Waals surface area (Å²) < 4.78 is 53.5. The maximum Gasteiger partial charge on any atom is 0.586 e. The number of anilines is 1. The van der Waals surface area contributed by atoms with Crippen molar-refractivity contribution in [1.29, 1.82) is 0 Å². The zero-order chi connectivity index (χ0) is 18.5. The molecule has 0 amide bonds. The molecule has 2 heterocycles. The van der Waals surface area contributed by atoms with E-state index in [0.717, 1.165) is 13.2 Å². The lowest BCUT2D eigenvalue weighted by molar-refractivity contribution is -0.286. The third-order valence-corrected chi connectivity index (χ3v) is 4.00. The first-order chi connectivity index (χ1) is 11.6. The molecular weight excluding hydrogens is 388 g/mol. The molecule has 0 bridgehead atoms. The van der Waals surface area contributed by atoms with Crippen LogP contribution in [-0.2, 0) is 4.74 Å². The Morgan fingerprint density at radius 3 is 2.44 bits per heavy atom. The van der Waals surface area contributed by atoms with Gasteiger partial charge in [0.2, 0.25) is 0 Å². The molecule has 1 aliphatic heterocycles. The number of hydrogen-bond donors (Lipinski definition) is 1. The Bertz CT molecular complexity index is 908. The van der Waals surface area contributed by atoms with Gasteiger partial charge in [0.25, 0.3) is 0 Å². The zero-order valence-electron chi connectivity index (χ0n) is 12.2. The summed E-state index contributed by atoms with van der Waals surface area (Å²) in [5.74, 6) is -2.89. The minimum Gasteiger partial charge on any atom is -0.464 e. The van der Waals surface area contributed by atoms with E-state index in [1.54, 1.807) is 0 Å². The number of pyridine rings is 1. The van der Waals surface area contributed by atoms with Crippen LogP contribution in [0.25, 0.3) is 11.3 Å². The molecule has 0 unspecified atom stereocenters. The second-order valence-corrected chi connectivity index (χ2v) is 5.54. The quantitative estimate of drug-likeness (QED) is 0.778. The van der Waals surface area contributed by atoms with Crippen LogP contribution in [0.15, 0.2) is 12.1 Å². The Hall–Kier alpha value is -2.39. The van der Waals surface area contributed by atoms with Crippen LogP contribution >= 0.6 is 23.2 Å². The van der Waals surface area contributed by atoms with E-state index in [4.69, 9.17) is 28.9 Å². The first-order valence-corrected chi connectivity index (χ1v) is 7.22. The number of aromatic nitrogens is 1. The summed E-state index contributed by atoms with van der Waals surface area (Å²) in [6.45, 7) is 0. The van der Waals surface area contributed by atoms with Gasteiger partial charge in [-0.15, -0.1) is 8.78 Å². The molecule has 132 valence electrons. The average molecular weight is 395 g/mol. The Morgan fingerprint density at radius 2 is 1.84 bits per heavy atom. The number of esters is 1. The number of halogens is 5. The van der Waals surface area contributed by atoms with Gasteiger partial charge >= 0.3 is 12.3 Å². The van der Waals surface area contributed by atoms with Crippen LogP contribution in [0.5, 0.6) is 11.5 Å². The summed E-state index contributed by atoms with van der Waals surface area (Å²) in [6.07, 6.45) is -3.93. The number of hydrogen-bond acceptors (Lipinski definition) is 6. The monoisotopic (exact) mass is 394 g/mol. The van der Waals surface area contributed by atoms with Crippen molar-refractivity contribution in [3.05, 3.63) is 33.7 Å². The van der Waals surface area contributed by atoms with Gasteiger partial charge in [0.15, 0.2) is 17.2 Å². The van der Waals surface area contributed by atoms with Crippen molar-refractivity contribution in [2.24, 2.45) is 0 Å². The highest BCUT2D eigenvalue weighted by Crippen LogP contribution is 2.46. The van der Waals surface area contributed by atoms with E-state index in [1.807, 2.05) is 0 Å². The van der Waals surface area contributed by atoms with Crippen LogP contribution < -0.4 is 15.2 Å². The molecule has 0 fully saturated rings. The third-order valence-electron chi connectivity index (χ3n) is 3.24. The molecule has 0 saturated carbocycles. The molecule has 1 aliphatic rings. The molecule has 1 aromatic carbocycles. The number of nitrogens with zero attached hydrogens (tertiary/aromatic N) is 1. The predicted octanol–water partition coefficient (Wildman–Crippen LogP) is 3.88. The smallest absolute Gasteiger partial charge is 0.464 e. The van der Waals surface area contributed by atoms with Crippen molar-refractivity contribution in [3.63, 3.8) is 0 Å². The molecule has 2 N–H and O–H groups in total. The Balaban J connectivity index is 2.21. The number of nitrogens with two attached hydrogens (primary N) is 1. The molecule has 2 aromatic rings. The van der Waals surface area contributed by atoms with Crippen LogP contribution in [-0.4, -0.2) is 24.4 Å². The van der Waals surface area contributed by atoms with Gasteiger partial charge in [0.1, 0.15) is 5.82 Å². The third kappa shape index (κ3) is 2.89. The van der Waals surface area contributed by atoms with Crippen LogP contribution in [0, 0.1) is 5.82 Å². The summed E-state index contributed by atoms with van der Waals surface area (Å²) in [6, 6.07) is 1.57. The van der Waals surface area contributed by atoms with Gasteiger partial charge in [0.05, 0.1) is 28.5 Å². The van der Waals surface area contributed by atoms with Crippen molar-refractivity contribution in [2.75, 3.05) is 12.8 Å². The molecule has 11 heteroatoms. The zero-order valence-corrected chi connectivity index (χ0v) is 13.7. The molecule has 3 rings (SSSR count). The van der Waals surface area contributed by atoms with E-state index >= 15 is 0 Å². The van der Waals surface area contributed by atoms with E-state index in [-0.39, 0.29) is 27.0 Å². The van der Waals surface area contributed by atoms with Gasteiger partial charge in [0, 0.05) is 11.6 Å². The highest BCUT2D eigenvalue weighted by molar-refractivity contribution is 6.41. The van der Waals surface area contributed by atoms with E-state index in [0.29, 0.717) is 6.07 Å². The fourth-order valence-electron chi connectivity index (χ4n) is 2.12. The molecular formula is C14H7Cl2F3N2O4. The van der Waals surface area contributed by atoms with Gasteiger partial charge in [-0.1, -0.05) is 23.2 Å². The summed E-state index contributed by atoms with van der Waals surface area (Å²) in [4.78, 5) is 15.6. The van der Waals surface area contributed by atoms with Gasteiger partial charge in [-0.2, -0.15) is 0 Å². The van der Waals surface area contributed by atoms with E-state index in [1.165, 1.54) is 0 Å². The van der Waals surface area contributed by atoms with Gasteiger partial charge in [-0.05, 0) is 6.07 Å². The number of carbonyl (C=O) groups excluding carboxylic acids is 1. The van der Waals surface area contributed by atoms with Crippen LogP contribution in [0.3, 0.4) is 0 Å². The number of fused-ring (bicyclic) bond motifs is 1. The van der Waals surface area contributed by atoms with E-state index in [9.17, 15) is 18.0 Å². The van der Waals surface area contributed by atoms with Crippen LogP contribution in [0.4, 0.5) is 18.9 Å². The maximum atomic E-state index is 14.3. The topological polar surface area (TPSA) is 83.7 Å². The largest absolute Gasteiger partial charge is 0.586 e. The Morgan fingerprint density at radius 1 is 1.24 bits per heavy atom. The van der Waals surface area contributed by atoms with Crippen molar-refractivity contribution >= 4 is 34.9 Å². The number of nitrogen functional groups attached to an aromatic ring is 1. The summed E-state index contributed by atoms with van der Waals surface area (Å²) in [7, 11) is 1.08. The summed E-state index contributed by atoms with van der Waals surface area (Å²) in [5.41, 5.74) is 4.39. The van der Waals surface area contributed by atoms with E-state index in [2.05, 4.69) is 19.2 Å². The number of rotatable bonds is 2. The number of benzene rings is 1. The molecule has 1 aromatic heterocycles. The first kappa shape index (κ1) is 17.4. The highest BCUT2D eigenvalue weighted by Gasteiger charge is 2.44. The van der Waals surface area contributed by atoms with Gasteiger partial charge in [-0.25, -0.2) is 14.2 Å². The summed E-state index contributed by atoms with van der Waals surface area (Å²) >= 11 is 11.9. The number of ether oxygens (including phenoxy) is 3. The van der Waals surface area contributed by atoms with Crippen LogP contribution in [0.1, 0.15) is 10.5 Å². The fraction of sp³-hybridized carbons (Fsp3) is 0.143. The number of carbonyl (C=O) groups is 1. The molecule has 0 radical (unpaired) electrons. The Labute approximate surface area is 148 Å². The fourth-order valence-corrected chi connectivity index (χ4v) is 2.63. The van der Waals surface area contributed by atoms with Gasteiger partial charge in [-0.3, -0.25) is 0 Å². The SMILES string of the molecule is COC(=O)c1nc(-c2cc3c(cc2F)OC(F)(F)O3)c(Cl)c(N)c1Cl. The lowest BCUT2D eigenvalue weighted by Crippen LogP contribution is -2.25. The second-order valence-electron chi connectivity index (χ2n) is 4.79. The van der Waals surface area contributed by atoms with Gasteiger partial charge < -0.3 is 19.9 Å². The molecule has 6 nitrogen and oxygen atoms in total. The number of alkyl halides is 2. The van der Waals surface area contributed by atoms with E-state index < -0.39 is 35.3 Å². The normalized spacial score (nSPS) is 14.5. The first-order valence-electron chi connectivity index (χ1n) is 6.47. The van der Waals surface area contributed by atoms with Crippen molar-refractivity contribution in [2.45, 2.75) is 6.29 Å². The minimum atomic E-state index is -3.93. The molecule has 0 aliphatic carbocycles. The Kier molecular flexibility index (Phi) is 4.08. The molecule has 0 saturated heterocycles. The predicted molar refractivity (Wildman–Crippen MR) is 81.6 cm³/mol. The lowest BCUT2D eigenvalue weighted by Gasteiger charge is -2.12. The standard InChI is InChI=1S/C14H7Cl2F3N2O4/c1-23-13(22)12-9(16)10(20)8(15)11(21-12)4-2-6-7(3-5(4)17)25-14(18,19)24-6/h2-3H,1H3,(H2,20,21). The second kappa shape index (κ2) is 5.85. The highest BCUT2D eigenvalue weighted by atomic mass is 35.5.